The van der Waals surface area contributed by atoms with Crippen LogP contribution in [0.5, 0.6) is 5.75 Å². The van der Waals surface area contributed by atoms with Crippen molar-refractivity contribution in [1.29, 1.82) is 0 Å². The number of halogens is 1. The van der Waals surface area contributed by atoms with E-state index in [-0.39, 0.29) is 47.1 Å². The van der Waals surface area contributed by atoms with Crippen molar-refractivity contribution in [2.24, 2.45) is 0 Å². The molecule has 1 fully saturated rings. The number of hydrogen-bond acceptors (Lipinski definition) is 7. The number of aromatic nitrogens is 4. The number of nitrogens with zero attached hydrogens (tertiary/aromatic N) is 5. The number of anilines is 2. The Balaban J connectivity index is 1.27. The fourth-order valence-corrected chi connectivity index (χ4v) is 4.99. The Bertz CT molecular complexity index is 1620. The van der Waals surface area contributed by atoms with Crippen molar-refractivity contribution in [3.63, 3.8) is 0 Å². The molecular formula is C29H26ClN7O4. The number of amides is 3. The van der Waals surface area contributed by atoms with Gasteiger partial charge < -0.3 is 20.3 Å². The summed E-state index contributed by atoms with van der Waals surface area (Å²) in [6, 6.07) is 13.1. The third kappa shape index (κ3) is 5.62. The first-order valence-electron chi connectivity index (χ1n) is 13.1. The molecule has 3 aromatic heterocycles. The van der Waals surface area contributed by atoms with Crippen molar-refractivity contribution < 1.29 is 19.1 Å². The molecule has 1 saturated carbocycles. The maximum absolute atomic E-state index is 13.9. The van der Waals surface area contributed by atoms with E-state index < -0.39 is 11.9 Å². The quantitative estimate of drug-likeness (QED) is 0.325. The molecule has 0 spiro atoms. The molecule has 208 valence electrons. The highest BCUT2D eigenvalue weighted by atomic mass is 35.5. The molecule has 1 unspecified atom stereocenters. The predicted octanol–water partition coefficient (Wildman–Crippen LogP) is 4.13. The lowest BCUT2D eigenvalue weighted by molar-refractivity contribution is -0.120. The van der Waals surface area contributed by atoms with Crippen LogP contribution in [0.15, 0.2) is 67.1 Å². The summed E-state index contributed by atoms with van der Waals surface area (Å²) in [4.78, 5) is 50.2. The number of ether oxygens (including phenoxy) is 1. The standard InChI is InChI=1S/C29H26ClN7O4/c1-41-20-8-10-25(32-14-20)34-27(38)21-9-5-17(12-22(21)30)15-36-24(13-18-4-2-3-11-31-18)28(39)33-23-16-37(19-6-7-19)35-26(23)29(36)40/h2-5,8-12,14,16,19,24H,6-7,13,15H2,1H3,(H,33,39)(H,32,34,38). The average molecular weight is 572 g/mol. The fourth-order valence-electron chi connectivity index (χ4n) is 4.70. The number of rotatable bonds is 8. The molecule has 0 saturated heterocycles. The zero-order valence-electron chi connectivity index (χ0n) is 22.1. The van der Waals surface area contributed by atoms with Gasteiger partial charge in [-0.05, 0) is 54.8 Å². The Morgan fingerprint density at radius 2 is 2.00 bits per heavy atom. The van der Waals surface area contributed by atoms with Gasteiger partial charge in [-0.15, -0.1) is 0 Å². The van der Waals surface area contributed by atoms with Crippen LogP contribution >= 0.6 is 11.6 Å². The molecule has 0 radical (unpaired) electrons. The van der Waals surface area contributed by atoms with Gasteiger partial charge in [0, 0.05) is 31.1 Å². The van der Waals surface area contributed by atoms with Crippen molar-refractivity contribution in [3.05, 3.63) is 94.7 Å². The zero-order chi connectivity index (χ0) is 28.5. The van der Waals surface area contributed by atoms with Gasteiger partial charge in [0.1, 0.15) is 17.6 Å². The Morgan fingerprint density at radius 1 is 1.15 bits per heavy atom. The number of carbonyl (C=O) groups excluding carboxylic acids is 3. The zero-order valence-corrected chi connectivity index (χ0v) is 22.8. The van der Waals surface area contributed by atoms with E-state index in [1.807, 2.05) is 12.1 Å². The second-order valence-electron chi connectivity index (χ2n) is 9.92. The highest BCUT2D eigenvalue weighted by molar-refractivity contribution is 6.34. The largest absolute Gasteiger partial charge is 0.495 e. The number of methoxy groups -OCH3 is 1. The smallest absolute Gasteiger partial charge is 0.277 e. The maximum Gasteiger partial charge on any atom is 0.277 e. The Labute approximate surface area is 240 Å². The number of benzene rings is 1. The first kappa shape index (κ1) is 26.5. The van der Waals surface area contributed by atoms with E-state index in [0.717, 1.165) is 12.8 Å². The van der Waals surface area contributed by atoms with Crippen LogP contribution < -0.4 is 15.4 Å². The van der Waals surface area contributed by atoms with E-state index in [1.54, 1.807) is 53.5 Å². The van der Waals surface area contributed by atoms with E-state index in [4.69, 9.17) is 16.3 Å². The van der Waals surface area contributed by atoms with Crippen LogP contribution in [0.4, 0.5) is 11.5 Å². The third-order valence-electron chi connectivity index (χ3n) is 7.03. The molecule has 11 nitrogen and oxygen atoms in total. The summed E-state index contributed by atoms with van der Waals surface area (Å²) in [6.45, 7) is 0.0706. The summed E-state index contributed by atoms with van der Waals surface area (Å²) in [5, 5.41) is 10.3. The molecule has 1 aliphatic carbocycles. The molecular weight excluding hydrogens is 546 g/mol. The monoisotopic (exact) mass is 571 g/mol. The van der Waals surface area contributed by atoms with Gasteiger partial charge in [-0.2, -0.15) is 5.10 Å². The molecule has 4 heterocycles. The molecule has 2 N–H and O–H groups in total. The summed E-state index contributed by atoms with van der Waals surface area (Å²) in [6.07, 6.45) is 7.06. The van der Waals surface area contributed by atoms with Crippen molar-refractivity contribution in [2.45, 2.75) is 37.9 Å². The molecule has 6 rings (SSSR count). The SMILES string of the molecule is COc1ccc(NC(=O)c2ccc(CN3C(=O)c4nn(C5CC5)cc4NC(=O)C3Cc3ccccn3)cc2Cl)nc1. The van der Waals surface area contributed by atoms with Crippen molar-refractivity contribution in [1.82, 2.24) is 24.6 Å². The minimum atomic E-state index is -0.844. The Hall–Kier alpha value is -4.77. The first-order chi connectivity index (χ1) is 19.9. The van der Waals surface area contributed by atoms with Gasteiger partial charge >= 0.3 is 0 Å². The summed E-state index contributed by atoms with van der Waals surface area (Å²) >= 11 is 6.54. The van der Waals surface area contributed by atoms with Gasteiger partial charge in [0.05, 0.1) is 35.6 Å². The highest BCUT2D eigenvalue weighted by Gasteiger charge is 2.39. The van der Waals surface area contributed by atoms with E-state index in [1.165, 1.54) is 18.2 Å². The van der Waals surface area contributed by atoms with Crippen LogP contribution in [0.25, 0.3) is 0 Å². The summed E-state index contributed by atoms with van der Waals surface area (Å²) in [5.41, 5.74) is 2.15. The third-order valence-corrected chi connectivity index (χ3v) is 7.34. The van der Waals surface area contributed by atoms with Crippen LogP contribution in [0.3, 0.4) is 0 Å². The summed E-state index contributed by atoms with van der Waals surface area (Å²) < 4.78 is 6.84. The average Bonchev–Trinajstić information content (AvgIpc) is 3.76. The maximum atomic E-state index is 13.9. The topological polar surface area (TPSA) is 131 Å². The number of pyridine rings is 2. The highest BCUT2D eigenvalue weighted by Crippen LogP contribution is 2.36. The Kier molecular flexibility index (Phi) is 7.10. The number of hydrogen-bond donors (Lipinski definition) is 2. The molecule has 1 aromatic carbocycles. The van der Waals surface area contributed by atoms with Gasteiger partial charge in [0.25, 0.3) is 11.8 Å². The molecule has 4 aromatic rings. The van der Waals surface area contributed by atoms with E-state index >= 15 is 0 Å². The van der Waals surface area contributed by atoms with Crippen LogP contribution in [0.1, 0.15) is 51.0 Å². The van der Waals surface area contributed by atoms with Gasteiger partial charge in [0.2, 0.25) is 5.91 Å². The molecule has 3 amide bonds. The van der Waals surface area contributed by atoms with Gasteiger partial charge in [0.15, 0.2) is 5.69 Å². The molecule has 2 aliphatic rings. The first-order valence-corrected chi connectivity index (χ1v) is 13.5. The Morgan fingerprint density at radius 3 is 2.68 bits per heavy atom. The lowest BCUT2D eigenvalue weighted by atomic mass is 10.1. The van der Waals surface area contributed by atoms with Gasteiger partial charge in [-0.3, -0.25) is 24.0 Å². The van der Waals surface area contributed by atoms with Gasteiger partial charge in [-0.25, -0.2) is 4.98 Å². The van der Waals surface area contributed by atoms with Crippen LogP contribution in [0.2, 0.25) is 5.02 Å². The number of nitrogens with one attached hydrogen (secondary N) is 2. The minimum Gasteiger partial charge on any atom is -0.495 e. The van der Waals surface area contributed by atoms with Crippen molar-refractivity contribution in [2.75, 3.05) is 17.7 Å². The van der Waals surface area contributed by atoms with Gasteiger partial charge in [-0.1, -0.05) is 23.7 Å². The van der Waals surface area contributed by atoms with E-state index in [9.17, 15) is 14.4 Å². The van der Waals surface area contributed by atoms with Crippen molar-refractivity contribution >= 4 is 40.8 Å². The molecule has 1 aliphatic heterocycles. The fraction of sp³-hybridized carbons (Fsp3) is 0.241. The molecule has 12 heteroatoms. The van der Waals surface area contributed by atoms with E-state index in [0.29, 0.717) is 28.5 Å². The van der Waals surface area contributed by atoms with Crippen LogP contribution in [-0.4, -0.2) is 55.5 Å². The van der Waals surface area contributed by atoms with Crippen LogP contribution in [-0.2, 0) is 17.8 Å². The van der Waals surface area contributed by atoms with Crippen LogP contribution in [0, 0.1) is 0 Å². The lowest BCUT2D eigenvalue weighted by Crippen LogP contribution is -2.46. The van der Waals surface area contributed by atoms with E-state index in [2.05, 4.69) is 25.7 Å². The summed E-state index contributed by atoms with van der Waals surface area (Å²) in [7, 11) is 1.53. The molecule has 0 bridgehead atoms. The predicted molar refractivity (Wildman–Crippen MR) is 151 cm³/mol. The lowest BCUT2D eigenvalue weighted by Gasteiger charge is -2.28. The summed E-state index contributed by atoms with van der Waals surface area (Å²) in [5.74, 6) is -0.229. The molecule has 41 heavy (non-hydrogen) atoms. The van der Waals surface area contributed by atoms with Crippen molar-refractivity contribution in [3.8, 4) is 5.75 Å². The number of fused-ring (bicyclic) bond motifs is 1. The second kappa shape index (κ2) is 11.0. The normalized spacial score (nSPS) is 16.5. The minimum absolute atomic E-state index is 0.0706. The molecule has 1 atom stereocenters. The number of carbonyl (C=O) groups is 3. The second-order valence-corrected chi connectivity index (χ2v) is 10.3.